The van der Waals surface area contributed by atoms with Crippen molar-refractivity contribution in [2.75, 3.05) is 13.1 Å². The third kappa shape index (κ3) is 3.38. The third-order valence-electron chi connectivity index (χ3n) is 4.45. The summed E-state index contributed by atoms with van der Waals surface area (Å²) < 4.78 is 0. The summed E-state index contributed by atoms with van der Waals surface area (Å²) in [5.41, 5.74) is 2.22. The van der Waals surface area contributed by atoms with Gasteiger partial charge in [0.25, 0.3) is 0 Å². The molecule has 1 aromatic carbocycles. The average molecular weight is 313 g/mol. The zero-order valence-corrected chi connectivity index (χ0v) is 13.5. The summed E-state index contributed by atoms with van der Waals surface area (Å²) >= 11 is 0. The van der Waals surface area contributed by atoms with Gasteiger partial charge in [0.1, 0.15) is 6.04 Å². The van der Waals surface area contributed by atoms with E-state index in [4.69, 9.17) is 0 Å². The van der Waals surface area contributed by atoms with Crippen LogP contribution in [0.3, 0.4) is 0 Å². The van der Waals surface area contributed by atoms with Crippen molar-refractivity contribution in [1.29, 1.82) is 0 Å². The van der Waals surface area contributed by atoms with Gasteiger partial charge in [-0.05, 0) is 30.4 Å². The molecular weight excluding hydrogens is 290 g/mol. The highest BCUT2D eigenvalue weighted by atomic mass is 16.2. The smallest absolute Gasteiger partial charge is 0.242 e. The van der Waals surface area contributed by atoms with Gasteiger partial charge in [-0.1, -0.05) is 25.1 Å². The first-order valence-electron chi connectivity index (χ1n) is 8.33. The van der Waals surface area contributed by atoms with Gasteiger partial charge in [-0.25, -0.2) is 0 Å². The Labute approximate surface area is 136 Å². The van der Waals surface area contributed by atoms with E-state index in [1.807, 2.05) is 25.1 Å². The summed E-state index contributed by atoms with van der Waals surface area (Å²) in [7, 11) is 0. The van der Waals surface area contributed by atoms with Crippen molar-refractivity contribution < 1.29 is 9.59 Å². The zero-order valence-electron chi connectivity index (χ0n) is 13.5. The molecule has 5 heteroatoms. The van der Waals surface area contributed by atoms with E-state index in [0.29, 0.717) is 25.9 Å². The molecule has 1 fully saturated rings. The maximum atomic E-state index is 12.4. The van der Waals surface area contributed by atoms with Gasteiger partial charge < -0.3 is 15.2 Å². The lowest BCUT2D eigenvalue weighted by molar-refractivity contribution is -0.137. The molecule has 1 aromatic heterocycles. The van der Waals surface area contributed by atoms with Gasteiger partial charge in [0.05, 0.1) is 0 Å². The van der Waals surface area contributed by atoms with Crippen molar-refractivity contribution in [2.45, 2.75) is 38.6 Å². The number of fused-ring (bicyclic) bond motifs is 1. The van der Waals surface area contributed by atoms with Crippen LogP contribution in [0.1, 0.15) is 31.9 Å². The topological polar surface area (TPSA) is 65.2 Å². The van der Waals surface area contributed by atoms with E-state index < -0.39 is 0 Å². The van der Waals surface area contributed by atoms with Crippen molar-refractivity contribution in [3.8, 4) is 0 Å². The molecule has 2 aromatic rings. The number of likely N-dealkylation sites (tertiary alicyclic amines) is 1. The van der Waals surface area contributed by atoms with Crippen molar-refractivity contribution in [2.24, 2.45) is 0 Å². The highest BCUT2D eigenvalue weighted by Gasteiger charge is 2.31. The number of carbonyl (C=O) groups excluding carboxylic acids is 2. The van der Waals surface area contributed by atoms with E-state index >= 15 is 0 Å². The molecule has 2 heterocycles. The Kier molecular flexibility index (Phi) is 4.65. The Hall–Kier alpha value is -2.30. The number of aromatic nitrogens is 1. The largest absolute Gasteiger partial charge is 0.358 e. The lowest BCUT2D eigenvalue weighted by Gasteiger charge is -2.25. The molecule has 0 spiro atoms. The number of nitrogens with one attached hydrogen (secondary N) is 2. The quantitative estimate of drug-likeness (QED) is 0.859. The number of para-hydroxylation sites is 1. The number of rotatable bonds is 6. The van der Waals surface area contributed by atoms with Crippen LogP contribution < -0.4 is 5.32 Å². The normalized spacial score (nSPS) is 16.0. The van der Waals surface area contributed by atoms with Crippen LogP contribution in [0, 0.1) is 0 Å². The fourth-order valence-electron chi connectivity index (χ4n) is 3.25. The molecule has 5 nitrogen and oxygen atoms in total. The molecule has 2 amide bonds. The van der Waals surface area contributed by atoms with Crippen LogP contribution in [0.2, 0.25) is 0 Å². The number of carbonyl (C=O) groups is 2. The molecule has 0 bridgehead atoms. The summed E-state index contributed by atoms with van der Waals surface area (Å²) in [5, 5.41) is 4.15. The standard InChI is InChI=1S/C18H23N3O2/c1-2-16(21-11-5-8-17(21)22)18(23)19-10-9-14-12-13-6-3-4-7-15(13)20-14/h3-4,6-7,12,16,20H,2,5,8-11H2,1H3,(H,19,23)/t16-/m1/s1. The van der Waals surface area contributed by atoms with Gasteiger partial charge in [0.15, 0.2) is 0 Å². The Morgan fingerprint density at radius 3 is 2.91 bits per heavy atom. The minimum Gasteiger partial charge on any atom is -0.358 e. The molecule has 122 valence electrons. The maximum absolute atomic E-state index is 12.4. The Morgan fingerprint density at radius 1 is 1.39 bits per heavy atom. The molecule has 0 unspecified atom stereocenters. The molecule has 1 aliphatic rings. The molecule has 2 N–H and O–H groups in total. The van der Waals surface area contributed by atoms with Crippen molar-refractivity contribution in [1.82, 2.24) is 15.2 Å². The monoisotopic (exact) mass is 313 g/mol. The molecule has 3 rings (SSSR count). The number of amides is 2. The number of benzene rings is 1. The third-order valence-corrected chi connectivity index (χ3v) is 4.45. The summed E-state index contributed by atoms with van der Waals surface area (Å²) in [4.78, 5) is 29.2. The second-order valence-electron chi connectivity index (χ2n) is 6.04. The first-order chi connectivity index (χ1) is 11.2. The van der Waals surface area contributed by atoms with Crippen LogP contribution in [0.4, 0.5) is 0 Å². The van der Waals surface area contributed by atoms with E-state index in [1.54, 1.807) is 4.90 Å². The first kappa shape index (κ1) is 15.6. The highest BCUT2D eigenvalue weighted by Crippen LogP contribution is 2.16. The van der Waals surface area contributed by atoms with E-state index in [-0.39, 0.29) is 17.9 Å². The summed E-state index contributed by atoms with van der Waals surface area (Å²) in [6.07, 6.45) is 2.84. The summed E-state index contributed by atoms with van der Waals surface area (Å²) in [5.74, 6) is 0.0569. The van der Waals surface area contributed by atoms with Crippen LogP contribution in [-0.2, 0) is 16.0 Å². The van der Waals surface area contributed by atoms with Gasteiger partial charge in [0, 0.05) is 37.1 Å². The fraction of sp³-hybridized carbons (Fsp3) is 0.444. The second-order valence-corrected chi connectivity index (χ2v) is 6.04. The highest BCUT2D eigenvalue weighted by molar-refractivity contribution is 5.88. The SMILES string of the molecule is CC[C@H](C(=O)NCCc1cc2ccccc2[nH]1)N1CCCC1=O. The van der Waals surface area contributed by atoms with Gasteiger partial charge in [-0.3, -0.25) is 9.59 Å². The number of H-pyrrole nitrogens is 1. The minimum absolute atomic E-state index is 0.0427. The molecule has 0 radical (unpaired) electrons. The summed E-state index contributed by atoms with van der Waals surface area (Å²) in [6, 6.07) is 9.92. The lowest BCUT2D eigenvalue weighted by atomic mass is 10.1. The van der Waals surface area contributed by atoms with Crippen LogP contribution >= 0.6 is 0 Å². The van der Waals surface area contributed by atoms with Crippen molar-refractivity contribution in [3.05, 3.63) is 36.0 Å². The van der Waals surface area contributed by atoms with E-state index in [1.165, 1.54) is 5.39 Å². The van der Waals surface area contributed by atoms with E-state index in [0.717, 1.165) is 24.1 Å². The van der Waals surface area contributed by atoms with Crippen LogP contribution in [0.15, 0.2) is 30.3 Å². The van der Waals surface area contributed by atoms with Crippen LogP contribution in [-0.4, -0.2) is 40.8 Å². The Bertz CT molecular complexity index is 674. The predicted molar refractivity (Wildman–Crippen MR) is 90.0 cm³/mol. The van der Waals surface area contributed by atoms with Gasteiger partial charge in [-0.15, -0.1) is 0 Å². The van der Waals surface area contributed by atoms with E-state index in [9.17, 15) is 9.59 Å². The van der Waals surface area contributed by atoms with E-state index in [2.05, 4.69) is 22.4 Å². The minimum atomic E-state index is -0.326. The molecule has 1 saturated heterocycles. The van der Waals surface area contributed by atoms with Gasteiger partial charge in [-0.2, -0.15) is 0 Å². The average Bonchev–Trinajstić information content (AvgIpc) is 3.14. The fourth-order valence-corrected chi connectivity index (χ4v) is 3.25. The molecule has 1 atom stereocenters. The first-order valence-corrected chi connectivity index (χ1v) is 8.33. The zero-order chi connectivity index (χ0) is 16.2. The number of aromatic amines is 1. The summed E-state index contributed by atoms with van der Waals surface area (Å²) in [6.45, 7) is 3.23. The van der Waals surface area contributed by atoms with Crippen LogP contribution in [0.5, 0.6) is 0 Å². The van der Waals surface area contributed by atoms with Gasteiger partial charge in [0.2, 0.25) is 11.8 Å². The maximum Gasteiger partial charge on any atom is 0.242 e. The second kappa shape index (κ2) is 6.86. The molecule has 1 aliphatic heterocycles. The number of hydrogen-bond donors (Lipinski definition) is 2. The molecule has 23 heavy (non-hydrogen) atoms. The predicted octanol–water partition coefficient (Wildman–Crippen LogP) is 2.23. The molecular formula is C18H23N3O2. The number of nitrogens with zero attached hydrogens (tertiary/aromatic N) is 1. The van der Waals surface area contributed by atoms with Crippen molar-refractivity contribution in [3.63, 3.8) is 0 Å². The number of hydrogen-bond acceptors (Lipinski definition) is 2. The van der Waals surface area contributed by atoms with Crippen molar-refractivity contribution >= 4 is 22.7 Å². The van der Waals surface area contributed by atoms with Crippen LogP contribution in [0.25, 0.3) is 10.9 Å². The Morgan fingerprint density at radius 2 is 2.22 bits per heavy atom. The Balaban J connectivity index is 1.54. The molecule has 0 saturated carbocycles. The molecule has 0 aliphatic carbocycles. The lowest BCUT2D eigenvalue weighted by Crippen LogP contribution is -2.47. The van der Waals surface area contributed by atoms with Gasteiger partial charge >= 0.3 is 0 Å².